The molecule has 0 bridgehead atoms. The molecule has 21 heavy (non-hydrogen) atoms. The fraction of sp³-hybridized carbons (Fsp3) is 0.200. The summed E-state index contributed by atoms with van der Waals surface area (Å²) in [5.74, 6) is -0.978. The Bertz CT molecular complexity index is 607. The highest BCUT2D eigenvalue weighted by Gasteiger charge is 2.18. The van der Waals surface area contributed by atoms with E-state index in [1.54, 1.807) is 12.1 Å². The molecule has 1 aromatic carbocycles. The third-order valence-electron chi connectivity index (χ3n) is 2.75. The highest BCUT2D eigenvalue weighted by molar-refractivity contribution is 5.92. The molecule has 0 saturated carbocycles. The zero-order chi connectivity index (χ0) is 15.2. The lowest BCUT2D eigenvalue weighted by molar-refractivity contribution is -0.129. The average molecular weight is 291 g/mol. The largest absolute Gasteiger partial charge is 0.467 e. The van der Waals surface area contributed by atoms with Crippen molar-refractivity contribution in [3.8, 4) is 0 Å². The van der Waals surface area contributed by atoms with Crippen LogP contribution in [-0.4, -0.2) is 18.0 Å². The van der Waals surface area contributed by atoms with Crippen LogP contribution in [0.4, 0.5) is 4.39 Å². The molecule has 1 amide bonds. The first-order valence-electron chi connectivity index (χ1n) is 6.33. The fourth-order valence-electron chi connectivity index (χ4n) is 1.60. The third kappa shape index (κ3) is 4.17. The SMILES string of the molecule is C[C@H](OC(=O)c1ccc(F)cc1)C(=O)NCc1ccco1. The number of furan rings is 1. The molecule has 0 fully saturated rings. The quantitative estimate of drug-likeness (QED) is 0.858. The molecule has 0 aliphatic rings. The van der Waals surface area contributed by atoms with Crippen molar-refractivity contribution in [2.45, 2.75) is 19.6 Å². The monoisotopic (exact) mass is 291 g/mol. The molecule has 0 saturated heterocycles. The van der Waals surface area contributed by atoms with Crippen LogP contribution < -0.4 is 5.32 Å². The van der Waals surface area contributed by atoms with Crippen molar-refractivity contribution in [1.82, 2.24) is 5.32 Å². The Labute approximate surface area is 120 Å². The summed E-state index contributed by atoms with van der Waals surface area (Å²) in [6.45, 7) is 1.67. The molecule has 5 nitrogen and oxygen atoms in total. The van der Waals surface area contributed by atoms with Crippen molar-refractivity contribution < 1.29 is 23.1 Å². The third-order valence-corrected chi connectivity index (χ3v) is 2.75. The van der Waals surface area contributed by atoms with Crippen LogP contribution in [0.2, 0.25) is 0 Å². The van der Waals surface area contributed by atoms with Crippen LogP contribution in [0.25, 0.3) is 0 Å². The second kappa shape index (κ2) is 6.69. The normalized spacial score (nSPS) is 11.7. The molecule has 1 atom stereocenters. The summed E-state index contributed by atoms with van der Waals surface area (Å²) >= 11 is 0. The molecule has 1 N–H and O–H groups in total. The minimum Gasteiger partial charge on any atom is -0.467 e. The first kappa shape index (κ1) is 14.8. The number of carbonyl (C=O) groups is 2. The van der Waals surface area contributed by atoms with Gasteiger partial charge in [0, 0.05) is 0 Å². The number of hydrogen-bond acceptors (Lipinski definition) is 4. The molecule has 2 rings (SSSR count). The number of halogens is 1. The minimum atomic E-state index is -0.961. The summed E-state index contributed by atoms with van der Waals surface area (Å²) < 4.78 is 22.8. The molecule has 6 heteroatoms. The van der Waals surface area contributed by atoms with E-state index in [2.05, 4.69) is 5.32 Å². The Morgan fingerprint density at radius 2 is 2.00 bits per heavy atom. The lowest BCUT2D eigenvalue weighted by Crippen LogP contribution is -2.35. The van der Waals surface area contributed by atoms with E-state index in [0.29, 0.717) is 5.76 Å². The molecule has 1 heterocycles. The van der Waals surface area contributed by atoms with E-state index in [9.17, 15) is 14.0 Å². The number of esters is 1. The second-order valence-corrected chi connectivity index (χ2v) is 4.35. The van der Waals surface area contributed by atoms with Crippen molar-refractivity contribution in [2.75, 3.05) is 0 Å². The molecule has 0 unspecified atom stereocenters. The van der Waals surface area contributed by atoms with E-state index in [1.807, 2.05) is 0 Å². The van der Waals surface area contributed by atoms with E-state index in [0.717, 1.165) is 12.1 Å². The predicted octanol–water partition coefficient (Wildman–Crippen LogP) is 2.28. The van der Waals surface area contributed by atoms with Gasteiger partial charge in [0.15, 0.2) is 6.10 Å². The second-order valence-electron chi connectivity index (χ2n) is 4.35. The minimum absolute atomic E-state index is 0.182. The number of benzene rings is 1. The number of ether oxygens (including phenoxy) is 1. The summed E-state index contributed by atoms with van der Waals surface area (Å²) in [7, 11) is 0. The molecule has 1 aromatic heterocycles. The summed E-state index contributed by atoms with van der Waals surface area (Å²) in [5, 5.41) is 2.58. The van der Waals surface area contributed by atoms with Gasteiger partial charge in [0.1, 0.15) is 11.6 Å². The van der Waals surface area contributed by atoms with Gasteiger partial charge in [-0.25, -0.2) is 9.18 Å². The highest BCUT2D eigenvalue weighted by atomic mass is 19.1. The maximum atomic E-state index is 12.8. The molecular formula is C15H14FNO4. The number of hydrogen-bond donors (Lipinski definition) is 1. The zero-order valence-corrected chi connectivity index (χ0v) is 11.3. The predicted molar refractivity (Wildman–Crippen MR) is 71.8 cm³/mol. The van der Waals surface area contributed by atoms with Gasteiger partial charge in [0.05, 0.1) is 18.4 Å². The molecular weight excluding hydrogens is 277 g/mol. The zero-order valence-electron chi connectivity index (χ0n) is 11.3. The first-order valence-corrected chi connectivity index (χ1v) is 6.33. The summed E-state index contributed by atoms with van der Waals surface area (Å²) in [5.41, 5.74) is 0.182. The van der Waals surface area contributed by atoms with E-state index < -0.39 is 23.8 Å². The van der Waals surface area contributed by atoms with E-state index in [4.69, 9.17) is 9.15 Å². The van der Waals surface area contributed by atoms with E-state index >= 15 is 0 Å². The molecule has 0 aliphatic heterocycles. The summed E-state index contributed by atoms with van der Waals surface area (Å²) in [6, 6.07) is 8.32. The van der Waals surface area contributed by atoms with Gasteiger partial charge in [-0.1, -0.05) is 0 Å². The fourth-order valence-corrected chi connectivity index (χ4v) is 1.60. The van der Waals surface area contributed by atoms with Crippen molar-refractivity contribution in [3.63, 3.8) is 0 Å². The number of carbonyl (C=O) groups excluding carboxylic acids is 2. The Morgan fingerprint density at radius 1 is 1.29 bits per heavy atom. The topological polar surface area (TPSA) is 68.5 Å². The standard InChI is InChI=1S/C15H14FNO4/c1-10(14(18)17-9-13-3-2-8-20-13)21-15(19)11-4-6-12(16)7-5-11/h2-8,10H,9H2,1H3,(H,17,18)/t10-/m0/s1. The lowest BCUT2D eigenvalue weighted by atomic mass is 10.2. The van der Waals surface area contributed by atoms with Crippen LogP contribution >= 0.6 is 0 Å². The van der Waals surface area contributed by atoms with E-state index in [1.165, 1.54) is 25.3 Å². The van der Waals surface area contributed by atoms with Gasteiger partial charge in [-0.3, -0.25) is 4.79 Å². The highest BCUT2D eigenvalue weighted by Crippen LogP contribution is 2.07. The van der Waals surface area contributed by atoms with Gasteiger partial charge in [-0.05, 0) is 43.3 Å². The first-order chi connectivity index (χ1) is 10.1. The summed E-state index contributed by atoms with van der Waals surface area (Å²) in [6.07, 6.45) is 0.539. The Morgan fingerprint density at radius 3 is 2.62 bits per heavy atom. The van der Waals surface area contributed by atoms with Gasteiger partial charge in [-0.2, -0.15) is 0 Å². The Hall–Kier alpha value is -2.63. The van der Waals surface area contributed by atoms with Crippen molar-refractivity contribution in [2.24, 2.45) is 0 Å². The Kier molecular flexibility index (Phi) is 4.71. The number of nitrogens with one attached hydrogen (secondary N) is 1. The van der Waals surface area contributed by atoms with Crippen LogP contribution in [-0.2, 0) is 16.1 Å². The molecule has 0 spiro atoms. The van der Waals surface area contributed by atoms with Gasteiger partial charge in [0.2, 0.25) is 0 Å². The van der Waals surface area contributed by atoms with Crippen molar-refractivity contribution in [1.29, 1.82) is 0 Å². The number of rotatable bonds is 5. The van der Waals surface area contributed by atoms with E-state index in [-0.39, 0.29) is 12.1 Å². The van der Waals surface area contributed by atoms with Gasteiger partial charge < -0.3 is 14.5 Å². The average Bonchev–Trinajstić information content (AvgIpc) is 2.98. The number of amides is 1. The molecule has 110 valence electrons. The van der Waals surface area contributed by atoms with Crippen LogP contribution in [0, 0.1) is 5.82 Å². The smallest absolute Gasteiger partial charge is 0.338 e. The molecule has 0 aliphatic carbocycles. The van der Waals surface area contributed by atoms with Crippen LogP contribution in [0.15, 0.2) is 47.1 Å². The van der Waals surface area contributed by atoms with Gasteiger partial charge in [-0.15, -0.1) is 0 Å². The van der Waals surface area contributed by atoms with Crippen LogP contribution in [0.3, 0.4) is 0 Å². The van der Waals surface area contributed by atoms with Gasteiger partial charge >= 0.3 is 5.97 Å². The lowest BCUT2D eigenvalue weighted by Gasteiger charge is -2.13. The molecule has 2 aromatic rings. The molecule has 0 radical (unpaired) electrons. The summed E-state index contributed by atoms with van der Waals surface area (Å²) in [4.78, 5) is 23.5. The maximum absolute atomic E-state index is 12.8. The maximum Gasteiger partial charge on any atom is 0.338 e. The van der Waals surface area contributed by atoms with Gasteiger partial charge in [0.25, 0.3) is 5.91 Å². The van der Waals surface area contributed by atoms with Crippen LogP contribution in [0.5, 0.6) is 0 Å². The van der Waals surface area contributed by atoms with Crippen molar-refractivity contribution >= 4 is 11.9 Å². The van der Waals surface area contributed by atoms with Crippen molar-refractivity contribution in [3.05, 3.63) is 59.8 Å². The Balaban J connectivity index is 1.85. The van der Waals surface area contributed by atoms with Crippen LogP contribution in [0.1, 0.15) is 23.0 Å².